The SMILES string of the molecule is CC(=O)Nc1c(O)n(C)c2c(C)cccc12. The van der Waals surface area contributed by atoms with Gasteiger partial charge in [0, 0.05) is 19.4 Å². The average molecular weight is 218 g/mol. The summed E-state index contributed by atoms with van der Waals surface area (Å²) >= 11 is 0. The Kier molecular flexibility index (Phi) is 2.34. The molecule has 0 aliphatic heterocycles. The highest BCUT2D eigenvalue weighted by atomic mass is 16.3. The van der Waals surface area contributed by atoms with Crippen molar-refractivity contribution in [2.75, 3.05) is 5.32 Å². The summed E-state index contributed by atoms with van der Waals surface area (Å²) in [5.74, 6) is -0.108. The molecule has 4 nitrogen and oxygen atoms in total. The summed E-state index contributed by atoms with van der Waals surface area (Å²) in [7, 11) is 1.77. The summed E-state index contributed by atoms with van der Waals surface area (Å²) < 4.78 is 1.68. The number of amides is 1. The van der Waals surface area contributed by atoms with E-state index in [0.29, 0.717) is 5.69 Å². The lowest BCUT2D eigenvalue weighted by molar-refractivity contribution is -0.114. The Balaban J connectivity index is 2.79. The molecule has 16 heavy (non-hydrogen) atoms. The van der Waals surface area contributed by atoms with Crippen LogP contribution in [0.3, 0.4) is 0 Å². The quantitative estimate of drug-likeness (QED) is 0.770. The molecule has 2 N–H and O–H groups in total. The number of nitrogens with zero attached hydrogens (tertiary/aromatic N) is 1. The molecule has 0 atom stereocenters. The third kappa shape index (κ3) is 1.43. The molecular formula is C12H14N2O2. The van der Waals surface area contributed by atoms with Crippen LogP contribution in [-0.4, -0.2) is 15.6 Å². The van der Waals surface area contributed by atoms with Crippen molar-refractivity contribution < 1.29 is 9.90 Å². The van der Waals surface area contributed by atoms with Gasteiger partial charge in [-0.1, -0.05) is 18.2 Å². The summed E-state index contributed by atoms with van der Waals surface area (Å²) in [6.07, 6.45) is 0. The Bertz CT molecular complexity index is 570. The lowest BCUT2D eigenvalue weighted by Crippen LogP contribution is -2.05. The van der Waals surface area contributed by atoms with Crippen molar-refractivity contribution in [3.63, 3.8) is 0 Å². The third-order valence-corrected chi connectivity index (χ3v) is 2.68. The van der Waals surface area contributed by atoms with Gasteiger partial charge in [-0.25, -0.2) is 0 Å². The van der Waals surface area contributed by atoms with E-state index in [1.165, 1.54) is 6.92 Å². The van der Waals surface area contributed by atoms with Gasteiger partial charge in [-0.05, 0) is 12.5 Å². The molecule has 0 radical (unpaired) electrons. The lowest BCUT2D eigenvalue weighted by atomic mass is 10.1. The van der Waals surface area contributed by atoms with Gasteiger partial charge in [0.05, 0.1) is 5.52 Å². The molecule has 0 fully saturated rings. The van der Waals surface area contributed by atoms with E-state index in [9.17, 15) is 9.90 Å². The highest BCUT2D eigenvalue weighted by Crippen LogP contribution is 2.36. The second-order valence-electron chi connectivity index (χ2n) is 3.91. The van der Waals surface area contributed by atoms with Gasteiger partial charge in [0.15, 0.2) is 0 Å². The zero-order valence-corrected chi connectivity index (χ0v) is 9.53. The van der Waals surface area contributed by atoms with Crippen LogP contribution >= 0.6 is 0 Å². The molecule has 0 bridgehead atoms. The molecule has 0 aliphatic rings. The maximum absolute atomic E-state index is 11.1. The molecule has 2 aromatic rings. The first-order valence-electron chi connectivity index (χ1n) is 5.07. The number of carbonyl (C=O) groups excluding carboxylic acids is 1. The molecular weight excluding hydrogens is 204 g/mol. The molecule has 0 saturated heterocycles. The highest BCUT2D eigenvalue weighted by molar-refractivity contribution is 6.04. The maximum Gasteiger partial charge on any atom is 0.221 e. The van der Waals surface area contributed by atoms with Crippen molar-refractivity contribution in [3.8, 4) is 5.88 Å². The summed E-state index contributed by atoms with van der Waals surface area (Å²) in [6.45, 7) is 3.40. The minimum Gasteiger partial charge on any atom is -0.493 e. The van der Waals surface area contributed by atoms with Crippen LogP contribution in [0.5, 0.6) is 5.88 Å². The first kappa shape index (κ1) is 10.5. The lowest BCUT2D eigenvalue weighted by Gasteiger charge is -2.00. The van der Waals surface area contributed by atoms with Gasteiger partial charge in [0.2, 0.25) is 11.8 Å². The number of aromatic hydroxyl groups is 1. The van der Waals surface area contributed by atoms with E-state index < -0.39 is 0 Å². The molecule has 0 spiro atoms. The molecule has 1 aromatic carbocycles. The number of benzene rings is 1. The van der Waals surface area contributed by atoms with Crippen LogP contribution in [-0.2, 0) is 11.8 Å². The van der Waals surface area contributed by atoms with E-state index in [-0.39, 0.29) is 11.8 Å². The second kappa shape index (κ2) is 3.56. The van der Waals surface area contributed by atoms with E-state index in [1.54, 1.807) is 11.6 Å². The number of para-hydroxylation sites is 1. The van der Waals surface area contributed by atoms with Crippen molar-refractivity contribution in [2.45, 2.75) is 13.8 Å². The average Bonchev–Trinajstić information content (AvgIpc) is 2.44. The number of aromatic nitrogens is 1. The van der Waals surface area contributed by atoms with E-state index in [1.807, 2.05) is 25.1 Å². The predicted octanol–water partition coefficient (Wildman–Crippen LogP) is 2.15. The summed E-state index contributed by atoms with van der Waals surface area (Å²) in [5.41, 5.74) is 2.48. The van der Waals surface area contributed by atoms with Crippen LogP contribution in [0.4, 0.5) is 5.69 Å². The van der Waals surface area contributed by atoms with Gasteiger partial charge in [0.25, 0.3) is 0 Å². The summed E-state index contributed by atoms with van der Waals surface area (Å²) in [6, 6.07) is 5.76. The molecule has 2 rings (SSSR count). The number of carbonyl (C=O) groups is 1. The molecule has 4 heteroatoms. The van der Waals surface area contributed by atoms with Gasteiger partial charge >= 0.3 is 0 Å². The number of aryl methyl sites for hydroxylation is 2. The van der Waals surface area contributed by atoms with Crippen LogP contribution in [0.1, 0.15) is 12.5 Å². The van der Waals surface area contributed by atoms with Crippen molar-refractivity contribution in [1.82, 2.24) is 4.57 Å². The number of nitrogens with one attached hydrogen (secondary N) is 1. The normalized spacial score (nSPS) is 10.7. The number of hydrogen-bond acceptors (Lipinski definition) is 2. The van der Waals surface area contributed by atoms with Gasteiger partial charge in [-0.15, -0.1) is 0 Å². The molecule has 84 valence electrons. The maximum atomic E-state index is 11.1. The predicted molar refractivity (Wildman–Crippen MR) is 63.6 cm³/mol. The monoisotopic (exact) mass is 218 g/mol. The van der Waals surface area contributed by atoms with Crippen molar-refractivity contribution in [2.24, 2.45) is 7.05 Å². The molecule has 0 aliphatic carbocycles. The molecule has 1 amide bonds. The van der Waals surface area contributed by atoms with Gasteiger partial charge in [-0.2, -0.15) is 0 Å². The summed E-state index contributed by atoms with van der Waals surface area (Å²) in [5, 5.41) is 13.5. The van der Waals surface area contributed by atoms with Gasteiger partial charge in [-0.3, -0.25) is 4.79 Å². The minimum atomic E-state index is -0.190. The zero-order valence-electron chi connectivity index (χ0n) is 9.53. The zero-order chi connectivity index (χ0) is 11.9. The van der Waals surface area contributed by atoms with Crippen LogP contribution in [0.25, 0.3) is 10.9 Å². The Morgan fingerprint density at radius 3 is 2.75 bits per heavy atom. The minimum absolute atomic E-state index is 0.0829. The van der Waals surface area contributed by atoms with E-state index >= 15 is 0 Å². The van der Waals surface area contributed by atoms with Gasteiger partial charge < -0.3 is 15.0 Å². The first-order chi connectivity index (χ1) is 7.52. The van der Waals surface area contributed by atoms with Crippen LogP contribution in [0.2, 0.25) is 0 Å². The Morgan fingerprint density at radius 2 is 2.12 bits per heavy atom. The standard InChI is InChI=1S/C12H14N2O2/c1-7-5-4-6-9-10(13-8(2)15)12(16)14(3)11(7)9/h4-6,16H,1-3H3,(H,13,15). The van der Waals surface area contributed by atoms with Gasteiger partial charge in [0.1, 0.15) is 5.69 Å². The van der Waals surface area contributed by atoms with Crippen LogP contribution in [0.15, 0.2) is 18.2 Å². The fraction of sp³-hybridized carbons (Fsp3) is 0.250. The number of anilines is 1. The molecule has 1 aromatic heterocycles. The second-order valence-corrected chi connectivity index (χ2v) is 3.91. The Morgan fingerprint density at radius 1 is 1.44 bits per heavy atom. The van der Waals surface area contributed by atoms with E-state index in [2.05, 4.69) is 5.32 Å². The summed E-state index contributed by atoms with van der Waals surface area (Å²) in [4.78, 5) is 11.1. The number of hydrogen-bond donors (Lipinski definition) is 2. The van der Waals surface area contributed by atoms with Crippen molar-refractivity contribution in [3.05, 3.63) is 23.8 Å². The highest BCUT2D eigenvalue weighted by Gasteiger charge is 2.16. The van der Waals surface area contributed by atoms with Crippen LogP contribution < -0.4 is 5.32 Å². The molecule has 0 unspecified atom stereocenters. The van der Waals surface area contributed by atoms with E-state index in [4.69, 9.17) is 0 Å². The Labute approximate surface area is 93.5 Å². The Hall–Kier alpha value is -1.97. The topological polar surface area (TPSA) is 54.3 Å². The third-order valence-electron chi connectivity index (χ3n) is 2.68. The largest absolute Gasteiger partial charge is 0.493 e. The first-order valence-corrected chi connectivity index (χ1v) is 5.07. The number of rotatable bonds is 1. The molecule has 1 heterocycles. The van der Waals surface area contributed by atoms with Crippen molar-refractivity contribution in [1.29, 1.82) is 0 Å². The van der Waals surface area contributed by atoms with Crippen molar-refractivity contribution >= 4 is 22.5 Å². The fourth-order valence-corrected chi connectivity index (χ4v) is 2.00. The van der Waals surface area contributed by atoms with E-state index in [0.717, 1.165) is 16.5 Å². The fourth-order valence-electron chi connectivity index (χ4n) is 2.00. The smallest absolute Gasteiger partial charge is 0.221 e. The number of fused-ring (bicyclic) bond motifs is 1. The van der Waals surface area contributed by atoms with Crippen LogP contribution in [0, 0.1) is 6.92 Å². The molecule has 0 saturated carbocycles.